The van der Waals surface area contributed by atoms with Gasteiger partial charge in [-0.3, -0.25) is 0 Å². The first-order valence-electron chi connectivity index (χ1n) is 6.18. The summed E-state index contributed by atoms with van der Waals surface area (Å²) in [6.45, 7) is 4.53. The van der Waals surface area contributed by atoms with Crippen molar-refractivity contribution in [2.45, 2.75) is 68.7 Å². The zero-order valence-corrected chi connectivity index (χ0v) is 11.2. The van der Waals surface area contributed by atoms with Crippen LogP contribution in [0.25, 0.3) is 0 Å². The molecule has 3 rings (SSSR count). The van der Waals surface area contributed by atoms with E-state index < -0.39 is 0 Å². The van der Waals surface area contributed by atoms with Gasteiger partial charge in [-0.15, -0.1) is 0 Å². The van der Waals surface area contributed by atoms with E-state index in [2.05, 4.69) is 35.4 Å². The van der Waals surface area contributed by atoms with Crippen molar-refractivity contribution in [3.05, 3.63) is 0 Å². The van der Waals surface area contributed by atoms with Gasteiger partial charge in [0.15, 0.2) is 0 Å². The topological polar surface area (TPSA) is 9.23 Å². The summed E-state index contributed by atoms with van der Waals surface area (Å²) in [6, 6.07) is 0. The van der Waals surface area contributed by atoms with Gasteiger partial charge in [-0.2, -0.15) is 0 Å². The molecule has 3 heteroatoms. The number of hydrogen-bond acceptors (Lipinski definition) is 3. The van der Waals surface area contributed by atoms with E-state index in [0.717, 1.165) is 10.5 Å². The van der Waals surface area contributed by atoms with Gasteiger partial charge in [0.1, 0.15) is 0 Å². The normalized spacial score (nSPS) is 54.8. The van der Waals surface area contributed by atoms with Gasteiger partial charge in [-0.25, -0.2) is 0 Å². The summed E-state index contributed by atoms with van der Waals surface area (Å²) >= 11 is 0. The molecule has 2 saturated heterocycles. The van der Waals surface area contributed by atoms with Crippen LogP contribution >= 0.6 is 21.6 Å². The van der Waals surface area contributed by atoms with E-state index >= 15 is 0 Å². The molecule has 15 heavy (non-hydrogen) atoms. The minimum Gasteiger partial charge on any atom is -0.376 e. The predicted molar refractivity (Wildman–Crippen MR) is 68.3 cm³/mol. The molecule has 0 aromatic rings. The fourth-order valence-corrected chi connectivity index (χ4v) is 8.37. The number of ether oxygens (including phenoxy) is 1. The maximum Gasteiger partial charge on any atom is 0.0556 e. The lowest BCUT2D eigenvalue weighted by Crippen LogP contribution is -2.49. The van der Waals surface area contributed by atoms with Crippen LogP contribution in [-0.2, 0) is 4.74 Å². The summed E-state index contributed by atoms with van der Waals surface area (Å²) in [5.74, 6) is 0. The summed E-state index contributed by atoms with van der Waals surface area (Å²) < 4.78 is 5.92. The van der Waals surface area contributed by atoms with Crippen LogP contribution in [0.2, 0.25) is 0 Å². The second-order valence-corrected chi connectivity index (χ2v) is 8.18. The van der Waals surface area contributed by atoms with Crippen LogP contribution in [0, 0.1) is 5.41 Å². The Kier molecular flexibility index (Phi) is 2.77. The van der Waals surface area contributed by atoms with E-state index in [1.165, 1.54) is 32.1 Å². The molecule has 1 spiro atoms. The molecule has 1 saturated carbocycles. The maximum absolute atomic E-state index is 5.92. The number of hydrogen-bond donors (Lipinski definition) is 0. The van der Waals surface area contributed by atoms with Crippen molar-refractivity contribution in [3.63, 3.8) is 0 Å². The molecule has 86 valence electrons. The lowest BCUT2D eigenvalue weighted by molar-refractivity contribution is -0.0920. The Balaban J connectivity index is 1.88. The van der Waals surface area contributed by atoms with Crippen LogP contribution in [-0.4, -0.2) is 22.7 Å². The van der Waals surface area contributed by atoms with E-state index in [0.29, 0.717) is 17.6 Å². The zero-order valence-electron chi connectivity index (χ0n) is 9.57. The highest BCUT2D eigenvalue weighted by Crippen LogP contribution is 2.65. The molecule has 0 aromatic heterocycles. The first kappa shape index (κ1) is 10.8. The van der Waals surface area contributed by atoms with Crippen molar-refractivity contribution in [2.75, 3.05) is 0 Å². The second-order valence-electron chi connectivity index (χ2n) is 5.50. The third-order valence-corrected chi connectivity index (χ3v) is 8.02. The summed E-state index contributed by atoms with van der Waals surface area (Å²) in [5.41, 5.74) is 0.630. The second kappa shape index (κ2) is 3.85. The van der Waals surface area contributed by atoms with E-state index in [1.54, 1.807) is 0 Å². The standard InChI is InChI=1S/C12H20OS2/c1-8-6-12(7-9(2)13-8)10-4-3-5-11(12)15-14-10/h8-11H,3-7H2,1-2H3/t8-,9?,10?,11?,12?/m1/s1. The van der Waals surface area contributed by atoms with E-state index in [4.69, 9.17) is 4.74 Å². The molecule has 3 unspecified atom stereocenters. The van der Waals surface area contributed by atoms with Gasteiger partial charge in [0.25, 0.3) is 0 Å². The van der Waals surface area contributed by atoms with Crippen LogP contribution in [0.5, 0.6) is 0 Å². The minimum absolute atomic E-state index is 0.483. The Morgan fingerprint density at radius 2 is 1.53 bits per heavy atom. The molecule has 1 nitrogen and oxygen atoms in total. The molecule has 2 heterocycles. The first-order chi connectivity index (χ1) is 7.21. The predicted octanol–water partition coefficient (Wildman–Crippen LogP) is 3.88. The van der Waals surface area contributed by atoms with Gasteiger partial charge in [0.05, 0.1) is 12.2 Å². The summed E-state index contributed by atoms with van der Waals surface area (Å²) in [5, 5.41) is 1.85. The van der Waals surface area contributed by atoms with Crippen molar-refractivity contribution < 1.29 is 4.74 Å². The highest BCUT2D eigenvalue weighted by atomic mass is 33.1. The molecule has 0 aromatic carbocycles. The lowest BCUT2D eigenvalue weighted by atomic mass is 9.65. The van der Waals surface area contributed by atoms with Crippen LogP contribution in [0.1, 0.15) is 46.0 Å². The monoisotopic (exact) mass is 244 g/mol. The highest BCUT2D eigenvalue weighted by molar-refractivity contribution is 8.77. The van der Waals surface area contributed by atoms with E-state index in [9.17, 15) is 0 Å². The molecule has 1 aliphatic carbocycles. The van der Waals surface area contributed by atoms with Gasteiger partial charge < -0.3 is 4.74 Å². The fourth-order valence-electron chi connectivity index (χ4n) is 3.87. The fraction of sp³-hybridized carbons (Fsp3) is 1.00. The van der Waals surface area contributed by atoms with E-state index in [-0.39, 0.29) is 0 Å². The molecule has 2 aliphatic heterocycles. The minimum atomic E-state index is 0.483. The summed E-state index contributed by atoms with van der Waals surface area (Å²) in [4.78, 5) is 0. The smallest absolute Gasteiger partial charge is 0.0556 e. The van der Waals surface area contributed by atoms with Crippen molar-refractivity contribution in [1.29, 1.82) is 0 Å². The first-order valence-corrected chi connectivity index (χ1v) is 8.46. The molecule has 2 bridgehead atoms. The van der Waals surface area contributed by atoms with Gasteiger partial charge in [0.2, 0.25) is 0 Å². The third kappa shape index (κ3) is 1.66. The van der Waals surface area contributed by atoms with Crippen LogP contribution in [0.15, 0.2) is 0 Å². The van der Waals surface area contributed by atoms with Crippen LogP contribution in [0.3, 0.4) is 0 Å². The largest absolute Gasteiger partial charge is 0.376 e. The third-order valence-electron chi connectivity index (χ3n) is 4.30. The van der Waals surface area contributed by atoms with Crippen molar-refractivity contribution in [1.82, 2.24) is 0 Å². The van der Waals surface area contributed by atoms with Gasteiger partial charge in [0, 0.05) is 15.9 Å². The molecule has 4 atom stereocenters. The van der Waals surface area contributed by atoms with Gasteiger partial charge in [-0.05, 0) is 39.5 Å². The average molecular weight is 244 g/mol. The summed E-state index contributed by atoms with van der Waals surface area (Å²) in [6.07, 6.45) is 7.95. The molecule has 3 fully saturated rings. The Hall–Kier alpha value is 0.660. The highest BCUT2D eigenvalue weighted by Gasteiger charge is 2.55. The maximum atomic E-state index is 5.92. The molecule has 0 radical (unpaired) electrons. The Bertz CT molecular complexity index is 228. The van der Waals surface area contributed by atoms with Crippen LogP contribution in [0.4, 0.5) is 0 Å². The quantitative estimate of drug-likeness (QED) is 0.599. The molecule has 0 amide bonds. The summed E-state index contributed by atoms with van der Waals surface area (Å²) in [7, 11) is 4.37. The Labute approximate surface area is 100 Å². The molecule has 3 aliphatic rings. The Morgan fingerprint density at radius 3 is 2.07 bits per heavy atom. The van der Waals surface area contributed by atoms with Crippen LogP contribution < -0.4 is 0 Å². The Morgan fingerprint density at radius 1 is 1.00 bits per heavy atom. The molecular formula is C12H20OS2. The van der Waals surface area contributed by atoms with Gasteiger partial charge in [-0.1, -0.05) is 28.0 Å². The number of rotatable bonds is 0. The molecular weight excluding hydrogens is 224 g/mol. The SMILES string of the molecule is CC1CC2(C[C@@H](C)O1)C1CCCC2SS1. The average Bonchev–Trinajstić information content (AvgIpc) is 2.38. The van der Waals surface area contributed by atoms with Gasteiger partial charge >= 0.3 is 0 Å². The van der Waals surface area contributed by atoms with E-state index in [1.807, 2.05) is 0 Å². The van der Waals surface area contributed by atoms with Crippen molar-refractivity contribution in [3.8, 4) is 0 Å². The van der Waals surface area contributed by atoms with Crippen molar-refractivity contribution in [2.24, 2.45) is 5.41 Å². The van der Waals surface area contributed by atoms with Crippen molar-refractivity contribution >= 4 is 21.6 Å². The zero-order chi connectivity index (χ0) is 10.5. The lowest BCUT2D eigenvalue weighted by Gasteiger charge is -2.48. The molecule has 0 N–H and O–H groups in total.